The number of urea groups is 1. The number of aromatic nitrogens is 1. The van der Waals surface area contributed by atoms with Crippen LogP contribution in [0, 0.1) is 13.8 Å². The highest BCUT2D eigenvalue weighted by Gasteiger charge is 2.24. The van der Waals surface area contributed by atoms with Crippen molar-refractivity contribution in [3.8, 4) is 0 Å². The van der Waals surface area contributed by atoms with Gasteiger partial charge in [-0.15, -0.1) is 0 Å². The Morgan fingerprint density at radius 1 is 1.15 bits per heavy atom. The minimum absolute atomic E-state index is 0.0192. The van der Waals surface area contributed by atoms with E-state index in [1.165, 1.54) is 0 Å². The Labute approximate surface area is 155 Å². The van der Waals surface area contributed by atoms with Crippen LogP contribution < -0.4 is 10.6 Å². The second-order valence-electron chi connectivity index (χ2n) is 6.20. The number of aromatic amines is 1. The van der Waals surface area contributed by atoms with Crippen molar-refractivity contribution in [2.24, 2.45) is 0 Å². The molecule has 0 unspecified atom stereocenters. The van der Waals surface area contributed by atoms with Gasteiger partial charge in [0.05, 0.1) is 30.0 Å². The fraction of sp³-hybridized carbons (Fsp3) is 0.316. The largest absolute Gasteiger partial charge is 0.463 e. The number of hydrogen-bond acceptors (Lipinski definition) is 5. The lowest BCUT2D eigenvalue weighted by Crippen LogP contribution is -2.45. The van der Waals surface area contributed by atoms with Gasteiger partial charge >= 0.3 is 18.0 Å². The van der Waals surface area contributed by atoms with E-state index in [9.17, 15) is 14.4 Å². The van der Waals surface area contributed by atoms with Crippen molar-refractivity contribution < 1.29 is 23.9 Å². The molecule has 142 valence electrons. The van der Waals surface area contributed by atoms with Crippen molar-refractivity contribution in [1.82, 2.24) is 15.6 Å². The molecule has 0 saturated heterocycles. The molecule has 1 aromatic carbocycles. The molecule has 1 aliphatic heterocycles. The third-order valence-electron chi connectivity index (χ3n) is 4.47. The number of nitrogens with one attached hydrogen (secondary N) is 3. The predicted octanol–water partition coefficient (Wildman–Crippen LogP) is 2.07. The van der Waals surface area contributed by atoms with Crippen LogP contribution in [0.3, 0.4) is 0 Å². The van der Waals surface area contributed by atoms with Crippen LogP contribution in [0.2, 0.25) is 0 Å². The molecule has 0 bridgehead atoms. The number of fused-ring (bicyclic) bond motifs is 1. The number of hydrogen-bond donors (Lipinski definition) is 3. The minimum atomic E-state index is -0.559. The molecule has 0 saturated carbocycles. The molecule has 1 aromatic heterocycles. The quantitative estimate of drug-likeness (QED) is 0.697. The second kappa shape index (κ2) is 7.53. The number of ether oxygens (including phenoxy) is 2. The minimum Gasteiger partial charge on any atom is -0.463 e. The van der Waals surface area contributed by atoms with Gasteiger partial charge in [-0.25, -0.2) is 14.4 Å². The number of aryl methyl sites for hydroxylation is 2. The molecular formula is C19H21N3O5. The van der Waals surface area contributed by atoms with Crippen molar-refractivity contribution in [2.75, 3.05) is 19.8 Å². The average molecular weight is 371 g/mol. The molecule has 3 rings (SSSR count). The van der Waals surface area contributed by atoms with Gasteiger partial charge < -0.3 is 25.1 Å². The Hall–Kier alpha value is -3.29. The third-order valence-corrected chi connectivity index (χ3v) is 4.47. The first-order chi connectivity index (χ1) is 12.9. The van der Waals surface area contributed by atoms with Crippen LogP contribution in [0.15, 0.2) is 29.5 Å². The zero-order chi connectivity index (χ0) is 19.6. The summed E-state index contributed by atoms with van der Waals surface area (Å²) >= 11 is 0. The number of esters is 2. The van der Waals surface area contributed by atoms with Crippen LogP contribution in [0.1, 0.15) is 28.5 Å². The fourth-order valence-corrected chi connectivity index (χ4v) is 2.88. The highest BCUT2D eigenvalue weighted by Crippen LogP contribution is 2.23. The van der Waals surface area contributed by atoms with Crippen LogP contribution >= 0.6 is 0 Å². The van der Waals surface area contributed by atoms with Crippen LogP contribution in [0.25, 0.3) is 10.9 Å². The van der Waals surface area contributed by atoms with Gasteiger partial charge in [0.2, 0.25) is 0 Å². The van der Waals surface area contributed by atoms with Crippen LogP contribution in [-0.2, 0) is 14.3 Å². The van der Waals surface area contributed by atoms with E-state index in [2.05, 4.69) is 15.6 Å². The van der Waals surface area contributed by atoms with Crippen molar-refractivity contribution in [2.45, 2.75) is 20.8 Å². The Morgan fingerprint density at radius 2 is 1.93 bits per heavy atom. The van der Waals surface area contributed by atoms with E-state index in [1.807, 2.05) is 19.9 Å². The maximum absolute atomic E-state index is 12.4. The van der Waals surface area contributed by atoms with E-state index in [1.54, 1.807) is 19.1 Å². The van der Waals surface area contributed by atoms with E-state index in [0.717, 1.165) is 22.2 Å². The van der Waals surface area contributed by atoms with Crippen molar-refractivity contribution in [1.29, 1.82) is 0 Å². The Morgan fingerprint density at radius 3 is 2.67 bits per heavy atom. The van der Waals surface area contributed by atoms with E-state index in [-0.39, 0.29) is 31.0 Å². The molecule has 2 amide bonds. The van der Waals surface area contributed by atoms with Crippen LogP contribution in [0.5, 0.6) is 0 Å². The summed E-state index contributed by atoms with van der Waals surface area (Å²) in [6, 6.07) is 4.79. The molecule has 3 N–H and O–H groups in total. The summed E-state index contributed by atoms with van der Waals surface area (Å²) in [5, 5.41) is 5.95. The normalized spacial score (nSPS) is 14.0. The first kappa shape index (κ1) is 18.5. The molecule has 0 spiro atoms. The summed E-state index contributed by atoms with van der Waals surface area (Å²) in [4.78, 5) is 39.2. The highest BCUT2D eigenvalue weighted by molar-refractivity contribution is 5.97. The molecule has 0 aliphatic carbocycles. The first-order valence-corrected chi connectivity index (χ1v) is 8.60. The van der Waals surface area contributed by atoms with Crippen LogP contribution in [0.4, 0.5) is 4.79 Å². The molecule has 2 aromatic rings. The number of H-pyrrole nitrogens is 1. The summed E-state index contributed by atoms with van der Waals surface area (Å²) in [5.41, 5.74) is 3.90. The van der Waals surface area contributed by atoms with Gasteiger partial charge in [-0.05, 0) is 44.5 Å². The smallest absolute Gasteiger partial charge is 0.338 e. The number of carbonyl (C=O) groups excluding carboxylic acids is 3. The zero-order valence-electron chi connectivity index (χ0n) is 15.4. The molecule has 8 nitrogen and oxygen atoms in total. The summed E-state index contributed by atoms with van der Waals surface area (Å²) in [6.45, 7) is 5.63. The number of benzene rings is 1. The lowest BCUT2D eigenvalue weighted by Gasteiger charge is -2.21. The van der Waals surface area contributed by atoms with Gasteiger partial charge in [0.1, 0.15) is 6.61 Å². The summed E-state index contributed by atoms with van der Waals surface area (Å²) in [6.07, 6.45) is 0. The Bertz CT molecular complexity index is 958. The lowest BCUT2D eigenvalue weighted by atomic mass is 10.1. The highest BCUT2D eigenvalue weighted by atomic mass is 16.5. The second-order valence-corrected chi connectivity index (χ2v) is 6.20. The molecule has 27 heavy (non-hydrogen) atoms. The van der Waals surface area contributed by atoms with Gasteiger partial charge in [-0.1, -0.05) is 0 Å². The SMILES string of the molecule is CCOC(=O)C1=C(COC(=O)c2ccc3[nH]c(C)c(C)c3c2)NC(=O)NC1. The topological polar surface area (TPSA) is 110 Å². The molecular weight excluding hydrogens is 350 g/mol. The molecule has 0 atom stereocenters. The number of carbonyl (C=O) groups is 3. The van der Waals surface area contributed by atoms with E-state index >= 15 is 0 Å². The predicted molar refractivity (Wildman–Crippen MR) is 98.2 cm³/mol. The molecule has 8 heteroatoms. The van der Waals surface area contributed by atoms with Crippen molar-refractivity contribution in [3.63, 3.8) is 0 Å². The van der Waals surface area contributed by atoms with Crippen LogP contribution in [-0.4, -0.2) is 42.7 Å². The summed E-state index contributed by atoms with van der Waals surface area (Å²) in [7, 11) is 0. The van der Waals surface area contributed by atoms with Crippen molar-refractivity contribution >= 4 is 28.9 Å². The average Bonchev–Trinajstić information content (AvgIpc) is 2.93. The molecule has 1 aliphatic rings. The molecule has 2 heterocycles. The fourth-order valence-electron chi connectivity index (χ4n) is 2.88. The van der Waals surface area contributed by atoms with Gasteiger partial charge in [-0.2, -0.15) is 0 Å². The van der Waals surface area contributed by atoms with E-state index in [0.29, 0.717) is 5.56 Å². The first-order valence-electron chi connectivity index (χ1n) is 8.60. The maximum Gasteiger partial charge on any atom is 0.338 e. The third kappa shape index (κ3) is 3.79. The van der Waals surface area contributed by atoms with E-state index < -0.39 is 18.0 Å². The number of rotatable bonds is 5. The Balaban J connectivity index is 1.78. The van der Waals surface area contributed by atoms with Gasteiger partial charge in [-0.3, -0.25) is 0 Å². The van der Waals surface area contributed by atoms with Gasteiger partial charge in [0.25, 0.3) is 0 Å². The lowest BCUT2D eigenvalue weighted by molar-refractivity contribution is -0.138. The van der Waals surface area contributed by atoms with E-state index in [4.69, 9.17) is 9.47 Å². The maximum atomic E-state index is 12.4. The summed E-state index contributed by atoms with van der Waals surface area (Å²) < 4.78 is 10.3. The Kier molecular flexibility index (Phi) is 5.16. The van der Waals surface area contributed by atoms with Gasteiger partial charge in [0.15, 0.2) is 0 Å². The summed E-state index contributed by atoms with van der Waals surface area (Å²) in [5.74, 6) is -1.10. The molecule has 0 fully saturated rings. The van der Waals surface area contributed by atoms with Crippen molar-refractivity contribution in [3.05, 3.63) is 46.3 Å². The zero-order valence-corrected chi connectivity index (χ0v) is 15.4. The molecule has 0 radical (unpaired) electrons. The monoisotopic (exact) mass is 371 g/mol. The standard InChI is InChI=1S/C19H21N3O5/c1-4-26-18(24)14-8-20-19(25)22-16(14)9-27-17(23)12-5-6-15-13(7-12)10(2)11(3)21-15/h5-7,21H,4,8-9H2,1-3H3,(H2,20,22,25). The number of amides is 2. The van der Waals surface area contributed by atoms with Gasteiger partial charge in [0, 0.05) is 16.6 Å².